The Bertz CT molecular complexity index is 398. The van der Waals surface area contributed by atoms with Crippen LogP contribution in [-0.4, -0.2) is 29.5 Å². The molecule has 2 nitrogen and oxygen atoms in total. The van der Waals surface area contributed by atoms with Crippen molar-refractivity contribution < 1.29 is 0 Å². The van der Waals surface area contributed by atoms with Crippen molar-refractivity contribution in [2.24, 2.45) is 5.73 Å². The Kier molecular flexibility index (Phi) is 5.34. The molecular formula is C16H24N2S. The first-order valence-electron chi connectivity index (χ1n) is 7.23. The van der Waals surface area contributed by atoms with Crippen LogP contribution in [0.2, 0.25) is 0 Å². The fourth-order valence-corrected chi connectivity index (χ4v) is 3.21. The van der Waals surface area contributed by atoms with Crippen molar-refractivity contribution in [1.82, 2.24) is 4.90 Å². The van der Waals surface area contributed by atoms with Crippen LogP contribution in [0.15, 0.2) is 30.3 Å². The van der Waals surface area contributed by atoms with Crippen molar-refractivity contribution in [3.8, 4) is 0 Å². The Morgan fingerprint density at radius 1 is 1.26 bits per heavy atom. The Balaban J connectivity index is 2.02. The fourth-order valence-electron chi connectivity index (χ4n) is 3.00. The van der Waals surface area contributed by atoms with E-state index in [2.05, 4.69) is 36.2 Å². The van der Waals surface area contributed by atoms with E-state index in [1.165, 1.54) is 37.7 Å². The Labute approximate surface area is 122 Å². The second-order valence-corrected chi connectivity index (χ2v) is 6.07. The average molecular weight is 276 g/mol. The van der Waals surface area contributed by atoms with Gasteiger partial charge in [-0.3, -0.25) is 0 Å². The van der Waals surface area contributed by atoms with E-state index < -0.39 is 0 Å². The SMILES string of the molecule is CN(CC(C(N)=S)c1ccccc1)C1CCCCC1. The van der Waals surface area contributed by atoms with Crippen LogP contribution in [0.25, 0.3) is 0 Å². The summed E-state index contributed by atoms with van der Waals surface area (Å²) in [7, 11) is 2.21. The van der Waals surface area contributed by atoms with Gasteiger partial charge in [0.25, 0.3) is 0 Å². The lowest BCUT2D eigenvalue weighted by atomic mass is 9.92. The summed E-state index contributed by atoms with van der Waals surface area (Å²) in [4.78, 5) is 3.06. The standard InChI is InChI=1S/C16H24N2S/c1-18(14-10-6-3-7-11-14)12-15(16(17)19)13-8-4-2-5-9-13/h2,4-5,8-9,14-15H,3,6-7,10-12H2,1H3,(H2,17,19). The zero-order valence-corrected chi connectivity index (χ0v) is 12.5. The van der Waals surface area contributed by atoms with E-state index in [-0.39, 0.29) is 5.92 Å². The van der Waals surface area contributed by atoms with Gasteiger partial charge in [-0.2, -0.15) is 0 Å². The Hall–Kier alpha value is -0.930. The maximum Gasteiger partial charge on any atom is 0.0816 e. The highest BCUT2D eigenvalue weighted by Gasteiger charge is 2.23. The average Bonchev–Trinajstić information content (AvgIpc) is 2.46. The molecule has 0 radical (unpaired) electrons. The molecule has 1 fully saturated rings. The number of likely N-dealkylation sites (N-methyl/N-ethyl adjacent to an activating group) is 1. The third-order valence-corrected chi connectivity index (χ3v) is 4.50. The minimum Gasteiger partial charge on any atom is -0.393 e. The fraction of sp³-hybridized carbons (Fsp3) is 0.562. The van der Waals surface area contributed by atoms with E-state index >= 15 is 0 Å². The molecule has 104 valence electrons. The van der Waals surface area contributed by atoms with Crippen LogP contribution in [0.1, 0.15) is 43.6 Å². The first kappa shape index (κ1) is 14.5. The molecule has 0 bridgehead atoms. The number of nitrogens with two attached hydrogens (primary N) is 1. The summed E-state index contributed by atoms with van der Waals surface area (Å²) >= 11 is 5.27. The molecule has 0 amide bonds. The number of hydrogen-bond acceptors (Lipinski definition) is 2. The van der Waals surface area contributed by atoms with Gasteiger partial charge in [0, 0.05) is 18.5 Å². The first-order valence-corrected chi connectivity index (χ1v) is 7.64. The van der Waals surface area contributed by atoms with Gasteiger partial charge in [0.05, 0.1) is 4.99 Å². The molecule has 0 aromatic heterocycles. The highest BCUT2D eigenvalue weighted by atomic mass is 32.1. The third-order valence-electron chi connectivity index (χ3n) is 4.21. The van der Waals surface area contributed by atoms with Gasteiger partial charge in [-0.25, -0.2) is 0 Å². The molecule has 2 N–H and O–H groups in total. The van der Waals surface area contributed by atoms with Gasteiger partial charge in [-0.1, -0.05) is 61.8 Å². The summed E-state index contributed by atoms with van der Waals surface area (Å²) in [6.45, 7) is 0.935. The lowest BCUT2D eigenvalue weighted by molar-refractivity contribution is 0.190. The van der Waals surface area contributed by atoms with Gasteiger partial charge < -0.3 is 10.6 Å². The summed E-state index contributed by atoms with van der Waals surface area (Å²) < 4.78 is 0. The smallest absolute Gasteiger partial charge is 0.0816 e. The highest BCUT2D eigenvalue weighted by molar-refractivity contribution is 7.80. The molecule has 1 aliphatic rings. The number of benzene rings is 1. The number of nitrogens with zero attached hydrogens (tertiary/aromatic N) is 1. The molecule has 1 saturated carbocycles. The minimum atomic E-state index is 0.170. The molecule has 0 heterocycles. The van der Waals surface area contributed by atoms with Crippen LogP contribution in [-0.2, 0) is 0 Å². The second kappa shape index (κ2) is 7.01. The second-order valence-electron chi connectivity index (χ2n) is 5.60. The predicted molar refractivity (Wildman–Crippen MR) is 85.5 cm³/mol. The normalized spacial score (nSPS) is 18.4. The van der Waals surface area contributed by atoms with E-state index in [4.69, 9.17) is 18.0 Å². The molecule has 1 aromatic carbocycles. The quantitative estimate of drug-likeness (QED) is 0.837. The van der Waals surface area contributed by atoms with Gasteiger partial charge in [-0.05, 0) is 25.5 Å². The molecule has 1 atom stereocenters. The van der Waals surface area contributed by atoms with Gasteiger partial charge >= 0.3 is 0 Å². The lowest BCUT2D eigenvalue weighted by Crippen LogP contribution is -2.39. The van der Waals surface area contributed by atoms with Crippen molar-refractivity contribution in [3.63, 3.8) is 0 Å². The number of thiocarbonyl (C=S) groups is 1. The van der Waals surface area contributed by atoms with Crippen molar-refractivity contribution in [2.45, 2.75) is 44.1 Å². The van der Waals surface area contributed by atoms with Crippen LogP contribution < -0.4 is 5.73 Å². The number of hydrogen-bond donors (Lipinski definition) is 1. The van der Waals surface area contributed by atoms with Crippen LogP contribution in [0, 0.1) is 0 Å². The van der Waals surface area contributed by atoms with Gasteiger partial charge in [0.1, 0.15) is 0 Å². The topological polar surface area (TPSA) is 29.3 Å². The monoisotopic (exact) mass is 276 g/mol. The van der Waals surface area contributed by atoms with Crippen LogP contribution in [0.4, 0.5) is 0 Å². The highest BCUT2D eigenvalue weighted by Crippen LogP contribution is 2.24. The van der Waals surface area contributed by atoms with Crippen LogP contribution in [0.3, 0.4) is 0 Å². The predicted octanol–water partition coefficient (Wildman–Crippen LogP) is 3.32. The van der Waals surface area contributed by atoms with E-state index in [9.17, 15) is 0 Å². The maximum atomic E-state index is 5.95. The summed E-state index contributed by atoms with van der Waals surface area (Å²) in [5, 5.41) is 0. The Morgan fingerprint density at radius 3 is 2.47 bits per heavy atom. The van der Waals surface area contributed by atoms with Crippen molar-refractivity contribution in [2.75, 3.05) is 13.6 Å². The third kappa shape index (κ3) is 4.02. The van der Waals surface area contributed by atoms with Gasteiger partial charge in [-0.15, -0.1) is 0 Å². The molecule has 3 heteroatoms. The van der Waals surface area contributed by atoms with Crippen LogP contribution in [0.5, 0.6) is 0 Å². The largest absolute Gasteiger partial charge is 0.393 e. The van der Waals surface area contributed by atoms with Crippen molar-refractivity contribution >= 4 is 17.2 Å². The van der Waals surface area contributed by atoms with Gasteiger partial charge in [0.15, 0.2) is 0 Å². The molecule has 1 aliphatic carbocycles. The zero-order chi connectivity index (χ0) is 13.7. The summed E-state index contributed by atoms with van der Waals surface area (Å²) in [5.41, 5.74) is 7.19. The Morgan fingerprint density at radius 2 is 1.89 bits per heavy atom. The van der Waals surface area contributed by atoms with Crippen LogP contribution >= 0.6 is 12.2 Å². The van der Waals surface area contributed by atoms with Crippen molar-refractivity contribution in [1.29, 1.82) is 0 Å². The molecule has 1 aromatic rings. The molecule has 1 unspecified atom stereocenters. The van der Waals surface area contributed by atoms with E-state index in [1.54, 1.807) is 0 Å². The van der Waals surface area contributed by atoms with Crippen molar-refractivity contribution in [3.05, 3.63) is 35.9 Å². The van der Waals surface area contributed by atoms with E-state index in [0.29, 0.717) is 11.0 Å². The van der Waals surface area contributed by atoms with E-state index in [0.717, 1.165) is 6.54 Å². The van der Waals surface area contributed by atoms with Gasteiger partial charge in [0.2, 0.25) is 0 Å². The summed E-state index contributed by atoms with van der Waals surface area (Å²) in [6.07, 6.45) is 6.74. The molecule has 2 rings (SSSR count). The molecule has 0 saturated heterocycles. The first-order chi connectivity index (χ1) is 9.18. The molecule has 0 aliphatic heterocycles. The number of rotatable bonds is 5. The van der Waals surface area contributed by atoms with E-state index in [1.807, 2.05) is 6.07 Å². The molecule has 19 heavy (non-hydrogen) atoms. The summed E-state index contributed by atoms with van der Waals surface area (Å²) in [6, 6.07) is 11.1. The lowest BCUT2D eigenvalue weighted by Gasteiger charge is -2.33. The minimum absolute atomic E-state index is 0.170. The molecular weight excluding hydrogens is 252 g/mol. The summed E-state index contributed by atoms with van der Waals surface area (Å²) in [5.74, 6) is 0.170. The molecule has 0 spiro atoms. The zero-order valence-electron chi connectivity index (χ0n) is 11.7. The maximum absolute atomic E-state index is 5.95.